The summed E-state index contributed by atoms with van der Waals surface area (Å²) in [4.78, 5) is 5.69. The van der Waals surface area contributed by atoms with Crippen LogP contribution < -0.4 is 15.4 Å². The molecule has 0 spiro atoms. The molecule has 4 heteroatoms. The van der Waals surface area contributed by atoms with E-state index in [9.17, 15) is 0 Å². The van der Waals surface area contributed by atoms with Gasteiger partial charge in [0.2, 0.25) is 0 Å². The first-order valence-electron chi connectivity index (χ1n) is 13.7. The molecule has 0 radical (unpaired) electrons. The number of likely N-dealkylation sites (tertiary alicyclic amines) is 1. The van der Waals surface area contributed by atoms with Crippen molar-refractivity contribution in [2.75, 3.05) is 37.4 Å². The number of hydrogen-bond donors (Lipinski definition) is 1. The van der Waals surface area contributed by atoms with Crippen molar-refractivity contribution in [2.45, 2.75) is 62.4 Å². The molecule has 178 valence electrons. The SMILES string of the molecule is COc1ccc2c(c1)[C@]13CCN(CC4CC4)[C@H](C2)[C@]12CCC1C3[C@@H](CN1c1ccccc1N)C2. The number of hydrogen-bond acceptors (Lipinski definition) is 4. The molecule has 6 aliphatic rings. The Bertz CT molecular complexity index is 1160. The summed E-state index contributed by atoms with van der Waals surface area (Å²) in [6.45, 7) is 3.81. The van der Waals surface area contributed by atoms with E-state index >= 15 is 0 Å². The molecule has 4 aliphatic carbocycles. The number of ether oxygens (including phenoxy) is 1. The second kappa shape index (κ2) is 6.72. The van der Waals surface area contributed by atoms with Crippen molar-refractivity contribution < 1.29 is 4.74 Å². The summed E-state index contributed by atoms with van der Waals surface area (Å²) < 4.78 is 5.80. The topological polar surface area (TPSA) is 41.7 Å². The molecule has 8 rings (SSSR count). The zero-order valence-electron chi connectivity index (χ0n) is 20.4. The summed E-state index contributed by atoms with van der Waals surface area (Å²) in [6.07, 6.45) is 9.58. The number of nitrogens with zero attached hydrogens (tertiary/aromatic N) is 2. The van der Waals surface area contributed by atoms with E-state index in [1.165, 1.54) is 70.3 Å². The van der Waals surface area contributed by atoms with Gasteiger partial charge in [0.1, 0.15) is 5.75 Å². The molecule has 2 saturated heterocycles. The minimum absolute atomic E-state index is 0.297. The van der Waals surface area contributed by atoms with Crippen LogP contribution in [0.5, 0.6) is 5.75 Å². The van der Waals surface area contributed by atoms with Crippen LogP contribution in [0.15, 0.2) is 42.5 Å². The number of piperidine rings is 1. The van der Waals surface area contributed by atoms with Gasteiger partial charge in [-0.05, 0) is 110 Å². The Morgan fingerprint density at radius 1 is 1.09 bits per heavy atom. The minimum atomic E-state index is 0.297. The maximum absolute atomic E-state index is 6.53. The molecule has 5 fully saturated rings. The molecule has 6 atom stereocenters. The third-order valence-electron chi connectivity index (χ3n) is 11.2. The number of rotatable bonds is 4. The quantitative estimate of drug-likeness (QED) is 0.669. The van der Waals surface area contributed by atoms with Gasteiger partial charge in [0.15, 0.2) is 0 Å². The second-order valence-corrected chi connectivity index (χ2v) is 12.4. The maximum Gasteiger partial charge on any atom is 0.119 e. The van der Waals surface area contributed by atoms with Crippen LogP contribution in [0.1, 0.15) is 49.7 Å². The van der Waals surface area contributed by atoms with Crippen LogP contribution in [0.25, 0.3) is 0 Å². The number of fused-ring (bicyclic) bond motifs is 1. The molecule has 2 unspecified atom stereocenters. The normalized spacial score (nSPS) is 39.6. The van der Waals surface area contributed by atoms with E-state index in [0.717, 1.165) is 35.2 Å². The highest BCUT2D eigenvalue weighted by Crippen LogP contribution is 2.75. The third kappa shape index (κ3) is 2.34. The minimum Gasteiger partial charge on any atom is -0.497 e. The lowest BCUT2D eigenvalue weighted by Gasteiger charge is -2.66. The summed E-state index contributed by atoms with van der Waals surface area (Å²) in [5, 5.41) is 0. The fourth-order valence-electron chi connectivity index (χ4n) is 10.1. The van der Waals surface area contributed by atoms with Crippen molar-refractivity contribution in [2.24, 2.45) is 23.2 Å². The summed E-state index contributed by atoms with van der Waals surface area (Å²) in [5.41, 5.74) is 12.8. The van der Waals surface area contributed by atoms with Crippen LogP contribution in [0.2, 0.25) is 0 Å². The molecule has 0 aromatic heterocycles. The highest BCUT2D eigenvalue weighted by Gasteiger charge is 2.76. The maximum atomic E-state index is 6.53. The molecule has 2 N–H and O–H groups in total. The Hall–Kier alpha value is -2.20. The van der Waals surface area contributed by atoms with Crippen LogP contribution in [-0.2, 0) is 11.8 Å². The Labute approximate surface area is 203 Å². The third-order valence-corrected chi connectivity index (χ3v) is 11.2. The van der Waals surface area contributed by atoms with Crippen LogP contribution in [-0.4, -0.2) is 43.7 Å². The van der Waals surface area contributed by atoms with Gasteiger partial charge < -0.3 is 15.4 Å². The molecule has 3 saturated carbocycles. The van der Waals surface area contributed by atoms with Gasteiger partial charge in [-0.2, -0.15) is 0 Å². The predicted octanol–water partition coefficient (Wildman–Crippen LogP) is 4.86. The zero-order chi connectivity index (χ0) is 22.7. The molecule has 4 nitrogen and oxygen atoms in total. The van der Waals surface area contributed by atoms with E-state index < -0.39 is 0 Å². The van der Waals surface area contributed by atoms with Crippen LogP contribution in [0.3, 0.4) is 0 Å². The molecule has 34 heavy (non-hydrogen) atoms. The molecule has 2 aliphatic heterocycles. The Morgan fingerprint density at radius 2 is 1.97 bits per heavy atom. The summed E-state index contributed by atoms with van der Waals surface area (Å²) in [6, 6.07) is 17.0. The monoisotopic (exact) mass is 455 g/mol. The van der Waals surface area contributed by atoms with Crippen molar-refractivity contribution in [3.05, 3.63) is 53.6 Å². The Kier molecular flexibility index (Phi) is 3.96. The fourth-order valence-corrected chi connectivity index (χ4v) is 10.1. The van der Waals surface area contributed by atoms with Crippen molar-refractivity contribution in [1.29, 1.82) is 0 Å². The zero-order valence-corrected chi connectivity index (χ0v) is 20.4. The van der Waals surface area contributed by atoms with Crippen molar-refractivity contribution >= 4 is 11.4 Å². The van der Waals surface area contributed by atoms with E-state index in [1.54, 1.807) is 11.1 Å². The number of nitrogen functional groups attached to an aromatic ring is 1. The van der Waals surface area contributed by atoms with Gasteiger partial charge in [-0.3, -0.25) is 4.90 Å². The lowest BCUT2D eigenvalue weighted by Crippen LogP contribution is -2.69. The largest absolute Gasteiger partial charge is 0.497 e. The summed E-state index contributed by atoms with van der Waals surface area (Å²) >= 11 is 0. The van der Waals surface area contributed by atoms with Gasteiger partial charge in [0.25, 0.3) is 0 Å². The molecule has 2 aromatic rings. The number of anilines is 2. The molecule has 2 aromatic carbocycles. The highest BCUT2D eigenvalue weighted by molar-refractivity contribution is 5.69. The van der Waals surface area contributed by atoms with Gasteiger partial charge in [0.05, 0.1) is 18.5 Å². The number of nitrogens with two attached hydrogens (primary N) is 1. The lowest BCUT2D eigenvalue weighted by atomic mass is 9.43. The predicted molar refractivity (Wildman–Crippen MR) is 136 cm³/mol. The first kappa shape index (κ1) is 20.0. The molecular weight excluding hydrogens is 418 g/mol. The van der Waals surface area contributed by atoms with Gasteiger partial charge >= 0.3 is 0 Å². The van der Waals surface area contributed by atoms with E-state index in [-0.39, 0.29) is 0 Å². The van der Waals surface area contributed by atoms with Crippen molar-refractivity contribution in [1.82, 2.24) is 4.90 Å². The smallest absolute Gasteiger partial charge is 0.119 e. The van der Waals surface area contributed by atoms with Gasteiger partial charge in [-0.15, -0.1) is 0 Å². The van der Waals surface area contributed by atoms with Crippen LogP contribution >= 0.6 is 0 Å². The first-order chi connectivity index (χ1) is 16.6. The molecule has 4 bridgehead atoms. The standard InChI is InChI=1S/C30H37N3O/c1-34-22-9-8-20-14-27-29-11-10-26-28(21(16-29)18-33(26)25-5-3-2-4-24(25)31)30(29,23(20)15-22)12-13-32(27)17-19-6-7-19/h2-5,8-9,15,19,21,26-28H,6-7,10-14,16-18,31H2,1H3/t21-,26?,27-,28?,29-,30+/m1/s1. The number of methoxy groups -OCH3 is 1. The van der Waals surface area contributed by atoms with E-state index in [0.29, 0.717) is 16.9 Å². The Balaban J connectivity index is 1.29. The average Bonchev–Trinajstić information content (AvgIpc) is 3.55. The van der Waals surface area contributed by atoms with Crippen LogP contribution in [0, 0.1) is 23.2 Å². The Morgan fingerprint density at radius 3 is 2.79 bits per heavy atom. The number of para-hydroxylation sites is 2. The molecule has 2 heterocycles. The molecule has 0 amide bonds. The van der Waals surface area contributed by atoms with Gasteiger partial charge in [0, 0.05) is 30.6 Å². The second-order valence-electron chi connectivity index (χ2n) is 12.4. The van der Waals surface area contributed by atoms with E-state index in [4.69, 9.17) is 10.5 Å². The lowest BCUT2D eigenvalue weighted by molar-refractivity contribution is -0.0920. The van der Waals surface area contributed by atoms with Crippen molar-refractivity contribution in [3.8, 4) is 5.75 Å². The highest BCUT2D eigenvalue weighted by atomic mass is 16.5. The van der Waals surface area contributed by atoms with E-state index in [1.807, 2.05) is 7.11 Å². The summed E-state index contributed by atoms with van der Waals surface area (Å²) in [5.74, 6) is 3.52. The summed E-state index contributed by atoms with van der Waals surface area (Å²) in [7, 11) is 1.83. The van der Waals surface area contributed by atoms with Crippen LogP contribution in [0.4, 0.5) is 11.4 Å². The number of benzene rings is 2. The fraction of sp³-hybridized carbons (Fsp3) is 0.600. The van der Waals surface area contributed by atoms with Gasteiger partial charge in [-0.1, -0.05) is 18.2 Å². The average molecular weight is 456 g/mol. The molecular formula is C30H37N3O. The van der Waals surface area contributed by atoms with E-state index in [2.05, 4.69) is 52.3 Å². The van der Waals surface area contributed by atoms with Crippen molar-refractivity contribution in [3.63, 3.8) is 0 Å². The van der Waals surface area contributed by atoms with Gasteiger partial charge in [-0.25, -0.2) is 0 Å². The first-order valence-corrected chi connectivity index (χ1v) is 13.7.